The van der Waals surface area contributed by atoms with Gasteiger partial charge in [0.1, 0.15) is 6.04 Å². The first-order valence-electron chi connectivity index (χ1n) is 6.53. The predicted octanol–water partition coefficient (Wildman–Crippen LogP) is 1.69. The van der Waals surface area contributed by atoms with Crippen molar-refractivity contribution in [3.05, 3.63) is 29.8 Å². The molecule has 114 valence electrons. The Labute approximate surface area is 122 Å². The van der Waals surface area contributed by atoms with E-state index in [9.17, 15) is 14.4 Å². The zero-order valence-electron chi connectivity index (χ0n) is 11.6. The number of hydrogen-bond donors (Lipinski definition) is 4. The average molecular weight is 294 g/mol. The molecule has 0 fully saturated rings. The SMILES string of the molecule is CCc1cccc(NC(=O)N[C@@H](CCC(=O)O)C(=O)O)c1. The molecule has 2 amide bonds. The number of benzene rings is 1. The summed E-state index contributed by atoms with van der Waals surface area (Å²) in [5, 5.41) is 22.3. The molecule has 21 heavy (non-hydrogen) atoms. The number of rotatable bonds is 7. The van der Waals surface area contributed by atoms with Gasteiger partial charge in [0.05, 0.1) is 0 Å². The van der Waals surface area contributed by atoms with Crippen LogP contribution in [0.25, 0.3) is 0 Å². The number of amides is 2. The van der Waals surface area contributed by atoms with Crippen LogP contribution in [0.15, 0.2) is 24.3 Å². The molecule has 7 heteroatoms. The number of anilines is 1. The third-order valence-electron chi connectivity index (χ3n) is 2.84. The van der Waals surface area contributed by atoms with Gasteiger partial charge in [-0.3, -0.25) is 4.79 Å². The largest absolute Gasteiger partial charge is 0.481 e. The summed E-state index contributed by atoms with van der Waals surface area (Å²) in [5.74, 6) is -2.38. The molecule has 0 aliphatic carbocycles. The molecule has 0 aliphatic heterocycles. The number of carbonyl (C=O) groups excluding carboxylic acids is 1. The Morgan fingerprint density at radius 3 is 2.52 bits per heavy atom. The smallest absolute Gasteiger partial charge is 0.326 e. The van der Waals surface area contributed by atoms with E-state index in [0.717, 1.165) is 12.0 Å². The highest BCUT2D eigenvalue weighted by Gasteiger charge is 2.20. The lowest BCUT2D eigenvalue weighted by atomic mass is 10.1. The lowest BCUT2D eigenvalue weighted by Gasteiger charge is -2.14. The number of aliphatic carboxylic acids is 2. The molecule has 0 unspecified atom stereocenters. The van der Waals surface area contributed by atoms with E-state index in [-0.39, 0.29) is 12.8 Å². The summed E-state index contributed by atoms with van der Waals surface area (Å²) in [4.78, 5) is 33.2. The van der Waals surface area contributed by atoms with Gasteiger partial charge in [0.15, 0.2) is 0 Å². The Bertz CT molecular complexity index is 530. The maximum atomic E-state index is 11.7. The van der Waals surface area contributed by atoms with Crippen molar-refractivity contribution in [2.24, 2.45) is 0 Å². The van der Waals surface area contributed by atoms with Crippen LogP contribution in [0.1, 0.15) is 25.3 Å². The van der Waals surface area contributed by atoms with E-state index in [1.807, 2.05) is 13.0 Å². The molecule has 1 rings (SSSR count). The van der Waals surface area contributed by atoms with Gasteiger partial charge in [0.25, 0.3) is 0 Å². The van der Waals surface area contributed by atoms with Crippen LogP contribution in [0, 0.1) is 0 Å². The van der Waals surface area contributed by atoms with E-state index in [0.29, 0.717) is 5.69 Å². The normalized spacial score (nSPS) is 11.5. The average Bonchev–Trinajstić information content (AvgIpc) is 2.43. The molecular formula is C14H18N2O5. The maximum absolute atomic E-state index is 11.7. The second-order valence-corrected chi connectivity index (χ2v) is 4.48. The van der Waals surface area contributed by atoms with Crippen LogP contribution < -0.4 is 10.6 Å². The van der Waals surface area contributed by atoms with Crippen molar-refractivity contribution in [1.82, 2.24) is 5.32 Å². The second kappa shape index (κ2) is 7.88. The minimum absolute atomic E-state index is 0.174. The molecular weight excluding hydrogens is 276 g/mol. The molecule has 0 saturated carbocycles. The highest BCUT2D eigenvalue weighted by atomic mass is 16.4. The van der Waals surface area contributed by atoms with Gasteiger partial charge in [-0.1, -0.05) is 19.1 Å². The van der Waals surface area contributed by atoms with Crippen molar-refractivity contribution in [2.75, 3.05) is 5.32 Å². The number of carboxylic acid groups (broad SMARTS) is 2. The fraction of sp³-hybridized carbons (Fsp3) is 0.357. The molecule has 0 spiro atoms. The maximum Gasteiger partial charge on any atom is 0.326 e. The predicted molar refractivity (Wildman–Crippen MR) is 76.3 cm³/mol. The third-order valence-corrected chi connectivity index (χ3v) is 2.84. The van der Waals surface area contributed by atoms with E-state index in [4.69, 9.17) is 10.2 Å². The molecule has 1 atom stereocenters. The van der Waals surface area contributed by atoms with Crippen molar-refractivity contribution < 1.29 is 24.6 Å². The first-order chi connectivity index (χ1) is 9.92. The van der Waals surface area contributed by atoms with E-state index < -0.39 is 24.0 Å². The first-order valence-corrected chi connectivity index (χ1v) is 6.53. The second-order valence-electron chi connectivity index (χ2n) is 4.48. The van der Waals surface area contributed by atoms with Crippen LogP contribution in [0.4, 0.5) is 10.5 Å². The van der Waals surface area contributed by atoms with Crippen LogP contribution >= 0.6 is 0 Å². The van der Waals surface area contributed by atoms with Crippen LogP contribution in [-0.4, -0.2) is 34.2 Å². The van der Waals surface area contributed by atoms with Crippen molar-refractivity contribution in [3.63, 3.8) is 0 Å². The summed E-state index contributed by atoms with van der Waals surface area (Å²) in [5.41, 5.74) is 1.59. The van der Waals surface area contributed by atoms with Gasteiger partial charge in [0, 0.05) is 12.1 Å². The van der Waals surface area contributed by atoms with E-state index >= 15 is 0 Å². The highest BCUT2D eigenvalue weighted by Crippen LogP contribution is 2.11. The summed E-state index contributed by atoms with van der Waals surface area (Å²) in [6.07, 6.45) is 0.309. The van der Waals surface area contributed by atoms with Gasteiger partial charge >= 0.3 is 18.0 Å². The number of aryl methyl sites for hydroxylation is 1. The van der Waals surface area contributed by atoms with Gasteiger partial charge in [-0.15, -0.1) is 0 Å². The summed E-state index contributed by atoms with van der Waals surface area (Å²) >= 11 is 0. The van der Waals surface area contributed by atoms with Gasteiger partial charge in [-0.2, -0.15) is 0 Å². The Hall–Kier alpha value is -2.57. The number of hydrogen-bond acceptors (Lipinski definition) is 3. The third kappa shape index (κ3) is 5.94. The molecule has 0 radical (unpaired) electrons. The molecule has 0 saturated heterocycles. The van der Waals surface area contributed by atoms with Gasteiger partial charge < -0.3 is 20.8 Å². The molecule has 1 aromatic carbocycles. The highest BCUT2D eigenvalue weighted by molar-refractivity contribution is 5.92. The topological polar surface area (TPSA) is 116 Å². The standard InChI is InChI=1S/C14H18N2O5/c1-2-9-4-3-5-10(8-9)15-14(21)16-11(13(19)20)6-7-12(17)18/h3-5,8,11H,2,6-7H2,1H3,(H,17,18)(H,19,20)(H2,15,16,21)/t11-/m0/s1. The Kier molecular flexibility index (Phi) is 6.19. The van der Waals surface area contributed by atoms with E-state index in [1.165, 1.54) is 0 Å². The number of carbonyl (C=O) groups is 3. The monoisotopic (exact) mass is 294 g/mol. The van der Waals surface area contributed by atoms with Crippen molar-refractivity contribution >= 4 is 23.7 Å². The van der Waals surface area contributed by atoms with Crippen molar-refractivity contribution in [2.45, 2.75) is 32.2 Å². The lowest BCUT2D eigenvalue weighted by molar-refractivity contribution is -0.140. The van der Waals surface area contributed by atoms with Crippen molar-refractivity contribution in [1.29, 1.82) is 0 Å². The van der Waals surface area contributed by atoms with Gasteiger partial charge in [-0.05, 0) is 30.5 Å². The molecule has 0 aromatic heterocycles. The first kappa shape index (κ1) is 16.5. The quantitative estimate of drug-likeness (QED) is 0.610. The molecule has 0 heterocycles. The fourth-order valence-corrected chi connectivity index (χ4v) is 1.72. The van der Waals surface area contributed by atoms with E-state index in [2.05, 4.69) is 10.6 Å². The number of carboxylic acids is 2. The van der Waals surface area contributed by atoms with Gasteiger partial charge in [0.2, 0.25) is 0 Å². The fourth-order valence-electron chi connectivity index (χ4n) is 1.72. The molecule has 7 nitrogen and oxygen atoms in total. The zero-order valence-corrected chi connectivity index (χ0v) is 11.6. The minimum atomic E-state index is -1.27. The van der Waals surface area contributed by atoms with Crippen LogP contribution in [-0.2, 0) is 16.0 Å². The van der Waals surface area contributed by atoms with Crippen molar-refractivity contribution in [3.8, 4) is 0 Å². The van der Waals surface area contributed by atoms with E-state index in [1.54, 1.807) is 18.2 Å². The molecule has 4 N–H and O–H groups in total. The van der Waals surface area contributed by atoms with Crippen LogP contribution in [0.2, 0.25) is 0 Å². The summed E-state index contributed by atoms with van der Waals surface area (Å²) in [7, 11) is 0. The summed E-state index contributed by atoms with van der Waals surface area (Å²) < 4.78 is 0. The number of nitrogens with one attached hydrogen (secondary N) is 2. The minimum Gasteiger partial charge on any atom is -0.481 e. The summed E-state index contributed by atoms with van der Waals surface area (Å²) in [6.45, 7) is 1.98. The molecule has 0 bridgehead atoms. The van der Waals surface area contributed by atoms with Crippen LogP contribution in [0.5, 0.6) is 0 Å². The molecule has 0 aliphatic rings. The van der Waals surface area contributed by atoms with Crippen LogP contribution in [0.3, 0.4) is 0 Å². The Morgan fingerprint density at radius 2 is 1.95 bits per heavy atom. The van der Waals surface area contributed by atoms with Gasteiger partial charge in [-0.25, -0.2) is 9.59 Å². The summed E-state index contributed by atoms with van der Waals surface area (Å²) in [6, 6.07) is 5.25. The number of urea groups is 1. The lowest BCUT2D eigenvalue weighted by Crippen LogP contribution is -2.43. The Morgan fingerprint density at radius 1 is 1.24 bits per heavy atom. The molecule has 1 aromatic rings. The zero-order chi connectivity index (χ0) is 15.8. The Balaban J connectivity index is 2.60.